The number of carbonyl (C=O) groups excluding carboxylic acids is 3. The summed E-state index contributed by atoms with van der Waals surface area (Å²) in [4.78, 5) is 48.1. The number of amides is 2. The highest BCUT2D eigenvalue weighted by Gasteiger charge is 2.40. The van der Waals surface area contributed by atoms with E-state index in [2.05, 4.69) is 9.89 Å². The fourth-order valence-electron chi connectivity index (χ4n) is 6.67. The Kier molecular flexibility index (Phi) is 12.7. The summed E-state index contributed by atoms with van der Waals surface area (Å²) < 4.78 is 62.2. The number of allylic oxidation sites excluding steroid dienone is 3. The van der Waals surface area contributed by atoms with Crippen molar-refractivity contribution in [1.82, 2.24) is 9.37 Å². The van der Waals surface area contributed by atoms with Crippen LogP contribution in [0.1, 0.15) is 82.8 Å². The molecule has 3 heterocycles. The van der Waals surface area contributed by atoms with Crippen molar-refractivity contribution in [2.75, 3.05) is 31.6 Å². The molecule has 0 aliphatic carbocycles. The van der Waals surface area contributed by atoms with Crippen LogP contribution in [0.15, 0.2) is 80.0 Å². The van der Waals surface area contributed by atoms with Crippen LogP contribution in [0.4, 0.5) is 5.69 Å². The van der Waals surface area contributed by atoms with E-state index >= 15 is 0 Å². The number of thioether (sulfide) groups is 1. The number of benzene rings is 2. The molecule has 2 fully saturated rings. The summed E-state index contributed by atoms with van der Waals surface area (Å²) in [5.74, 6) is -1.70. The van der Waals surface area contributed by atoms with E-state index in [0.29, 0.717) is 49.0 Å². The third-order valence-electron chi connectivity index (χ3n) is 9.66. The minimum absolute atomic E-state index is 0.0286. The second-order valence-electron chi connectivity index (χ2n) is 13.8. The second kappa shape index (κ2) is 16.7. The number of imide groups is 1. The van der Waals surface area contributed by atoms with Crippen LogP contribution in [-0.4, -0.2) is 80.3 Å². The Labute approximate surface area is 315 Å². The molecular weight excluding hydrogens is 741 g/mol. The minimum Gasteiger partial charge on any atom is -0.344 e. The van der Waals surface area contributed by atoms with Gasteiger partial charge < -0.3 is 9.74 Å². The van der Waals surface area contributed by atoms with Gasteiger partial charge in [-0.25, -0.2) is 13.2 Å². The van der Waals surface area contributed by atoms with Gasteiger partial charge in [-0.15, -0.1) is 5.06 Å². The molecule has 0 aromatic heterocycles. The van der Waals surface area contributed by atoms with Gasteiger partial charge in [-0.05, 0) is 86.2 Å². The summed E-state index contributed by atoms with van der Waals surface area (Å²) in [5.41, 5.74) is 2.63. The number of hydroxylamine groups is 2. The average Bonchev–Trinajstić information content (AvgIpc) is 3.54. The van der Waals surface area contributed by atoms with Gasteiger partial charge in [0, 0.05) is 67.6 Å². The first-order valence-electron chi connectivity index (χ1n) is 17.6. The van der Waals surface area contributed by atoms with Crippen molar-refractivity contribution in [3.8, 4) is 0 Å². The van der Waals surface area contributed by atoms with E-state index in [1.165, 1.54) is 23.9 Å². The number of rotatable bonds is 13. The number of fused-ring (bicyclic) bond motifs is 1. The van der Waals surface area contributed by atoms with Gasteiger partial charge in [-0.1, -0.05) is 50.6 Å². The zero-order chi connectivity index (χ0) is 38.6. The largest absolute Gasteiger partial charge is 0.344 e. The van der Waals surface area contributed by atoms with Gasteiger partial charge in [0.25, 0.3) is 21.9 Å². The lowest BCUT2D eigenvalue weighted by Crippen LogP contribution is -2.35. The lowest BCUT2D eigenvalue weighted by molar-refractivity contribution is -0.197. The zero-order valence-electron chi connectivity index (χ0n) is 30.4. The van der Waals surface area contributed by atoms with Crippen LogP contribution >= 0.6 is 11.8 Å². The molecule has 286 valence electrons. The number of aliphatic imine (C=N–C) groups is 1. The van der Waals surface area contributed by atoms with Crippen LogP contribution in [0.3, 0.4) is 0 Å². The van der Waals surface area contributed by atoms with Crippen molar-refractivity contribution in [2.45, 2.75) is 98.7 Å². The number of anilines is 1. The Hall–Kier alpha value is -3.83. The van der Waals surface area contributed by atoms with E-state index in [-0.39, 0.29) is 29.1 Å². The zero-order valence-corrected chi connectivity index (χ0v) is 32.9. The number of hydrogen-bond donors (Lipinski definition) is 1. The number of hydrogen-bond acceptors (Lipinski definition) is 11. The average molecular weight is 787 g/mol. The first-order chi connectivity index (χ1) is 25.0. The quantitative estimate of drug-likeness (QED) is 0.0636. The predicted octanol–water partition coefficient (Wildman–Crippen LogP) is 5.94. The maximum absolute atomic E-state index is 13.4. The van der Waals surface area contributed by atoms with Gasteiger partial charge in [0.15, 0.2) is 0 Å². The molecule has 3 aliphatic rings. The maximum Gasteiger partial charge on any atom is 0.333 e. The number of unbranched alkanes of at least 4 members (excludes halogenated alkanes) is 2. The van der Waals surface area contributed by atoms with E-state index in [4.69, 9.17) is 4.84 Å². The van der Waals surface area contributed by atoms with E-state index in [1.807, 2.05) is 45.1 Å². The van der Waals surface area contributed by atoms with Crippen molar-refractivity contribution < 1.29 is 40.6 Å². The van der Waals surface area contributed by atoms with Crippen LogP contribution in [0, 0.1) is 6.92 Å². The van der Waals surface area contributed by atoms with Crippen molar-refractivity contribution in [1.29, 1.82) is 0 Å². The monoisotopic (exact) mass is 786 g/mol. The summed E-state index contributed by atoms with van der Waals surface area (Å²) in [6.07, 6.45) is 10.2. The molecule has 0 radical (unpaired) electrons. The second-order valence-corrected chi connectivity index (χ2v) is 18.2. The van der Waals surface area contributed by atoms with E-state index in [0.717, 1.165) is 46.7 Å². The molecule has 2 amide bonds. The summed E-state index contributed by atoms with van der Waals surface area (Å²) in [6, 6.07) is 9.70. The molecule has 5 rings (SSSR count). The molecule has 0 bridgehead atoms. The molecule has 2 aromatic rings. The predicted molar refractivity (Wildman–Crippen MR) is 203 cm³/mol. The SMILES string of the molecule is CN=C(/C=C/C=C1/N(CCCCCC(=O)ON2C(=O)CCC2=O)c2ccc(S(=O)(=O)O)cc2C1(C)C)Sc1cc(S(=O)(=O)N2CCCCC2)ccc1C. The molecule has 16 heteroatoms. The summed E-state index contributed by atoms with van der Waals surface area (Å²) in [5, 5.41) is 1.19. The Morgan fingerprint density at radius 1 is 0.962 bits per heavy atom. The van der Waals surface area contributed by atoms with Crippen molar-refractivity contribution >= 4 is 60.4 Å². The van der Waals surface area contributed by atoms with Crippen LogP contribution < -0.4 is 4.90 Å². The number of piperidine rings is 1. The fourth-order valence-corrected chi connectivity index (χ4v) is 9.67. The third kappa shape index (κ3) is 9.28. The molecule has 0 spiro atoms. The molecule has 0 saturated carbocycles. The van der Waals surface area contributed by atoms with Gasteiger partial charge in [-0.2, -0.15) is 12.7 Å². The molecule has 1 N–H and O–H groups in total. The number of nitrogens with zero attached hydrogens (tertiary/aromatic N) is 4. The molecule has 53 heavy (non-hydrogen) atoms. The van der Waals surface area contributed by atoms with E-state index in [9.17, 15) is 35.8 Å². The number of sulfonamides is 1. The molecule has 0 unspecified atom stereocenters. The van der Waals surface area contributed by atoms with Crippen LogP contribution in [0.25, 0.3) is 0 Å². The Morgan fingerprint density at radius 3 is 2.30 bits per heavy atom. The molecule has 2 aromatic carbocycles. The first kappa shape index (κ1) is 40.4. The van der Waals surface area contributed by atoms with Crippen LogP contribution in [-0.2, 0) is 44.8 Å². The first-order valence-corrected chi connectivity index (χ1v) is 21.3. The molecule has 13 nitrogen and oxygen atoms in total. The fraction of sp³-hybridized carbons (Fsp3) is 0.459. The van der Waals surface area contributed by atoms with Gasteiger partial charge in [0.1, 0.15) is 0 Å². The number of carbonyl (C=O) groups is 3. The van der Waals surface area contributed by atoms with Crippen molar-refractivity contribution in [3.63, 3.8) is 0 Å². The summed E-state index contributed by atoms with van der Waals surface area (Å²) in [7, 11) is -6.39. The Morgan fingerprint density at radius 2 is 1.64 bits per heavy atom. The van der Waals surface area contributed by atoms with Gasteiger partial charge in [0.05, 0.1) is 14.8 Å². The topological polar surface area (TPSA) is 171 Å². The van der Waals surface area contributed by atoms with E-state index < -0.39 is 43.3 Å². The smallest absolute Gasteiger partial charge is 0.333 e. The summed E-state index contributed by atoms with van der Waals surface area (Å²) >= 11 is 1.36. The van der Waals surface area contributed by atoms with Crippen molar-refractivity contribution in [3.05, 3.63) is 71.5 Å². The number of aryl methyl sites for hydroxylation is 1. The third-order valence-corrected chi connectivity index (χ3v) is 13.6. The van der Waals surface area contributed by atoms with Gasteiger partial charge in [0.2, 0.25) is 10.0 Å². The van der Waals surface area contributed by atoms with Gasteiger partial charge in [-0.3, -0.25) is 19.1 Å². The van der Waals surface area contributed by atoms with Crippen molar-refractivity contribution in [2.24, 2.45) is 4.99 Å². The molecule has 2 saturated heterocycles. The van der Waals surface area contributed by atoms with Crippen LogP contribution in [0.2, 0.25) is 0 Å². The lowest BCUT2D eigenvalue weighted by Gasteiger charge is -2.27. The molecule has 0 atom stereocenters. The maximum atomic E-state index is 13.4. The normalized spacial score (nSPS) is 19.1. The Balaban J connectivity index is 1.31. The summed E-state index contributed by atoms with van der Waals surface area (Å²) in [6.45, 7) is 7.43. The highest BCUT2D eigenvalue weighted by Crippen LogP contribution is 2.48. The minimum atomic E-state index is -4.44. The molecule has 3 aliphatic heterocycles. The highest BCUT2D eigenvalue weighted by atomic mass is 32.2. The van der Waals surface area contributed by atoms with Gasteiger partial charge >= 0.3 is 5.97 Å². The highest BCUT2D eigenvalue weighted by molar-refractivity contribution is 8.14. The Bertz CT molecular complexity index is 2050. The van der Waals surface area contributed by atoms with E-state index in [1.54, 1.807) is 29.6 Å². The van der Waals surface area contributed by atoms with Crippen LogP contribution in [0.5, 0.6) is 0 Å². The lowest BCUT2D eigenvalue weighted by atomic mass is 9.83. The standard InChI is InChI=1S/C37H46N4O9S3/c1-26-15-16-27(52(45,46)39-21-8-6-9-22-39)25-31(26)51-33(38-4)13-11-12-32-37(2,3)29-24-28(53(47,48)49)17-18-30(29)40(32)23-10-5-7-14-36(44)50-41-34(42)19-20-35(41)43/h11-13,15-18,24-25H,5-10,14,19-23H2,1-4H3,(H,47,48,49)/b13-11+,32-12+,38-33?. The molecular formula is C37H46N4O9S3.